The van der Waals surface area contributed by atoms with Gasteiger partial charge in [-0.15, -0.1) is 0 Å². The molecule has 0 aliphatic rings. The number of hydrogen-bond acceptors (Lipinski definition) is 7. The number of sulfonamides is 1. The van der Waals surface area contributed by atoms with Crippen LogP contribution in [0.5, 0.6) is 0 Å². The normalized spacial score (nSPS) is 11.5. The molecule has 0 unspecified atom stereocenters. The zero-order valence-corrected chi connectivity index (χ0v) is 12.9. The third kappa shape index (κ3) is 3.52. The van der Waals surface area contributed by atoms with Gasteiger partial charge in [0.15, 0.2) is 6.33 Å². The van der Waals surface area contributed by atoms with Crippen LogP contribution in [0.15, 0.2) is 32.5 Å². The number of halogens is 1. The predicted molar refractivity (Wildman–Crippen MR) is 74.7 cm³/mol. The highest BCUT2D eigenvalue weighted by atomic mass is 79.9. The van der Waals surface area contributed by atoms with E-state index in [1.54, 1.807) is 7.05 Å². The third-order valence-corrected chi connectivity index (χ3v) is 4.29. The molecule has 0 aromatic carbocycles. The summed E-state index contributed by atoms with van der Waals surface area (Å²) < 4.78 is 32.3. The molecule has 10 heteroatoms. The van der Waals surface area contributed by atoms with E-state index < -0.39 is 10.0 Å². The molecule has 0 aliphatic carbocycles. The number of nitrogens with one attached hydrogen (secondary N) is 2. The average Bonchev–Trinajstić information content (AvgIpc) is 2.91. The average molecular weight is 362 g/mol. The molecule has 0 saturated heterocycles. The van der Waals surface area contributed by atoms with Crippen LogP contribution in [-0.4, -0.2) is 37.1 Å². The van der Waals surface area contributed by atoms with Gasteiger partial charge in [0.25, 0.3) is 0 Å². The van der Waals surface area contributed by atoms with Crippen LogP contribution in [0.1, 0.15) is 5.89 Å². The molecule has 2 aromatic rings. The molecule has 0 amide bonds. The largest absolute Gasteiger partial charge is 0.372 e. The second kappa shape index (κ2) is 6.29. The Bertz CT molecular complexity index is 674. The molecule has 2 rings (SSSR count). The molecule has 0 radical (unpaired) electrons. The van der Waals surface area contributed by atoms with Crippen molar-refractivity contribution >= 4 is 31.8 Å². The van der Waals surface area contributed by atoms with Gasteiger partial charge < -0.3 is 9.84 Å². The molecule has 0 fully saturated rings. The molecule has 8 nitrogen and oxygen atoms in total. The number of hydrogen-bond donors (Lipinski definition) is 2. The Morgan fingerprint density at radius 3 is 2.85 bits per heavy atom. The van der Waals surface area contributed by atoms with Crippen molar-refractivity contribution in [3.8, 4) is 0 Å². The van der Waals surface area contributed by atoms with Gasteiger partial charge in [-0.2, -0.15) is 4.98 Å². The van der Waals surface area contributed by atoms with Gasteiger partial charge in [0.05, 0.1) is 0 Å². The highest BCUT2D eigenvalue weighted by Crippen LogP contribution is 2.22. The maximum atomic E-state index is 12.2. The lowest BCUT2D eigenvalue weighted by Gasteiger charge is -2.10. The van der Waals surface area contributed by atoms with E-state index in [9.17, 15) is 8.42 Å². The van der Waals surface area contributed by atoms with Crippen molar-refractivity contribution in [2.75, 3.05) is 18.9 Å². The molecule has 0 saturated carbocycles. The van der Waals surface area contributed by atoms with Gasteiger partial charge in [-0.3, -0.25) is 0 Å². The summed E-state index contributed by atoms with van der Waals surface area (Å²) in [6.07, 6.45) is 3.10. The Hall–Kier alpha value is -1.52. The Kier molecular flexibility index (Phi) is 4.68. The molecule has 0 atom stereocenters. The summed E-state index contributed by atoms with van der Waals surface area (Å²) in [5, 5.41) is 6.19. The molecular weight excluding hydrogens is 350 g/mol. The van der Waals surface area contributed by atoms with E-state index in [1.807, 2.05) is 0 Å². The van der Waals surface area contributed by atoms with Gasteiger partial charge in [-0.05, 0) is 22.0 Å². The molecule has 2 heterocycles. The molecule has 0 aliphatic heterocycles. The van der Waals surface area contributed by atoms with Crippen LogP contribution in [0, 0.1) is 0 Å². The molecule has 0 bridgehead atoms. The van der Waals surface area contributed by atoms with Crippen LogP contribution in [0.2, 0.25) is 0 Å². The van der Waals surface area contributed by atoms with Crippen molar-refractivity contribution in [2.45, 2.75) is 11.3 Å². The minimum absolute atomic E-state index is 0.0694. The summed E-state index contributed by atoms with van der Waals surface area (Å²) >= 11 is 3.20. The third-order valence-electron chi connectivity index (χ3n) is 2.38. The summed E-state index contributed by atoms with van der Waals surface area (Å²) in [4.78, 5) is 7.88. The van der Waals surface area contributed by atoms with Gasteiger partial charge in [0.2, 0.25) is 15.9 Å². The molecule has 20 heavy (non-hydrogen) atoms. The van der Waals surface area contributed by atoms with Crippen molar-refractivity contribution < 1.29 is 12.9 Å². The van der Waals surface area contributed by atoms with E-state index in [2.05, 4.69) is 41.1 Å². The van der Waals surface area contributed by atoms with Gasteiger partial charge in [0, 0.05) is 30.7 Å². The van der Waals surface area contributed by atoms with E-state index in [4.69, 9.17) is 4.52 Å². The number of nitrogens with zero attached hydrogens (tertiary/aromatic N) is 3. The first-order valence-corrected chi connectivity index (χ1v) is 7.89. The van der Waals surface area contributed by atoms with E-state index in [1.165, 1.54) is 18.6 Å². The number of anilines is 1. The van der Waals surface area contributed by atoms with E-state index >= 15 is 0 Å². The van der Waals surface area contributed by atoms with Crippen LogP contribution >= 0.6 is 15.9 Å². The SMILES string of the molecule is CNc1ncc(Br)cc1S(=O)(=O)NCCc1ncno1. The maximum Gasteiger partial charge on any atom is 0.244 e. The summed E-state index contributed by atoms with van der Waals surface area (Å²) in [6.45, 7) is 0.153. The van der Waals surface area contributed by atoms with Gasteiger partial charge in [-0.1, -0.05) is 5.16 Å². The van der Waals surface area contributed by atoms with E-state index in [0.29, 0.717) is 16.8 Å². The van der Waals surface area contributed by atoms with Crippen molar-refractivity contribution in [3.63, 3.8) is 0 Å². The molecule has 0 spiro atoms. The standard InChI is InChI=1S/C10H12BrN5O3S/c1-12-10-8(4-7(11)5-13-10)20(17,18)16-3-2-9-14-6-15-19-9/h4-6,16H,2-3H2,1H3,(H,12,13). The van der Waals surface area contributed by atoms with E-state index in [-0.39, 0.29) is 17.3 Å². The summed E-state index contributed by atoms with van der Waals surface area (Å²) in [5.41, 5.74) is 0. The summed E-state index contributed by atoms with van der Waals surface area (Å²) in [5.74, 6) is 0.646. The smallest absolute Gasteiger partial charge is 0.244 e. The van der Waals surface area contributed by atoms with Gasteiger partial charge >= 0.3 is 0 Å². The van der Waals surface area contributed by atoms with Crippen LogP contribution in [0.4, 0.5) is 5.82 Å². The second-order valence-electron chi connectivity index (χ2n) is 3.73. The Labute approximate surface area is 124 Å². The predicted octanol–water partition coefficient (Wildman–Crippen LogP) is 0.790. The van der Waals surface area contributed by atoms with Crippen molar-refractivity contribution in [3.05, 3.63) is 29.0 Å². The van der Waals surface area contributed by atoms with Crippen LogP contribution in [0.25, 0.3) is 0 Å². The van der Waals surface area contributed by atoms with Gasteiger partial charge in [-0.25, -0.2) is 18.1 Å². The lowest BCUT2D eigenvalue weighted by atomic mass is 10.4. The Balaban J connectivity index is 2.11. The highest BCUT2D eigenvalue weighted by Gasteiger charge is 2.19. The van der Waals surface area contributed by atoms with Crippen molar-refractivity contribution in [1.82, 2.24) is 19.8 Å². The van der Waals surface area contributed by atoms with Crippen LogP contribution in [0.3, 0.4) is 0 Å². The van der Waals surface area contributed by atoms with Crippen LogP contribution < -0.4 is 10.0 Å². The Morgan fingerprint density at radius 2 is 2.20 bits per heavy atom. The van der Waals surface area contributed by atoms with Gasteiger partial charge in [0.1, 0.15) is 10.7 Å². The summed E-state index contributed by atoms with van der Waals surface area (Å²) in [7, 11) is -2.07. The second-order valence-corrected chi connectivity index (χ2v) is 6.38. The highest BCUT2D eigenvalue weighted by molar-refractivity contribution is 9.10. The first-order valence-electron chi connectivity index (χ1n) is 5.61. The molecule has 2 aromatic heterocycles. The van der Waals surface area contributed by atoms with Crippen LogP contribution in [-0.2, 0) is 16.4 Å². The fourth-order valence-electron chi connectivity index (χ4n) is 1.49. The fourth-order valence-corrected chi connectivity index (χ4v) is 3.19. The minimum Gasteiger partial charge on any atom is -0.372 e. The first-order chi connectivity index (χ1) is 9.53. The molecular formula is C10H12BrN5O3S. The lowest BCUT2D eigenvalue weighted by Crippen LogP contribution is -2.27. The topological polar surface area (TPSA) is 110 Å². The maximum absolute atomic E-state index is 12.2. The minimum atomic E-state index is -3.67. The molecule has 2 N–H and O–H groups in total. The summed E-state index contributed by atoms with van der Waals surface area (Å²) in [6, 6.07) is 1.48. The van der Waals surface area contributed by atoms with Crippen molar-refractivity contribution in [2.24, 2.45) is 0 Å². The molecule has 108 valence electrons. The monoisotopic (exact) mass is 361 g/mol. The number of aromatic nitrogens is 3. The number of rotatable bonds is 6. The first kappa shape index (κ1) is 14.9. The fraction of sp³-hybridized carbons (Fsp3) is 0.300. The zero-order valence-electron chi connectivity index (χ0n) is 10.5. The lowest BCUT2D eigenvalue weighted by molar-refractivity contribution is 0.377. The zero-order chi connectivity index (χ0) is 14.6. The number of pyridine rings is 1. The van der Waals surface area contributed by atoms with Crippen molar-refractivity contribution in [1.29, 1.82) is 0 Å². The Morgan fingerprint density at radius 1 is 1.40 bits per heavy atom. The van der Waals surface area contributed by atoms with E-state index in [0.717, 1.165) is 0 Å². The quantitative estimate of drug-likeness (QED) is 0.782.